The summed E-state index contributed by atoms with van der Waals surface area (Å²) in [5, 5.41) is 0. The molecule has 2 aliphatic rings. The second-order valence-electron chi connectivity index (χ2n) is 6.33. The van der Waals surface area contributed by atoms with Crippen LogP contribution in [0.25, 0.3) is 0 Å². The lowest BCUT2D eigenvalue weighted by atomic mass is 9.65. The molecule has 0 heterocycles. The number of hydrogen-bond acceptors (Lipinski definition) is 2. The number of fused-ring (bicyclic) bond motifs is 2. The van der Waals surface area contributed by atoms with Crippen molar-refractivity contribution in [1.82, 2.24) is 4.90 Å². The largest absolute Gasteiger partial charge is 0.309 e. The van der Waals surface area contributed by atoms with Crippen LogP contribution in [-0.4, -0.2) is 31.3 Å². The Labute approximate surface area is 93.0 Å². The van der Waals surface area contributed by atoms with E-state index in [9.17, 15) is 4.79 Å². The van der Waals surface area contributed by atoms with Crippen LogP contribution in [0.15, 0.2) is 0 Å². The summed E-state index contributed by atoms with van der Waals surface area (Å²) >= 11 is 0. The Hall–Kier alpha value is -0.370. The standard InChI is InChI=1S/C13H23NO/c1-8-9-6-11(13(8,2)3)10(12(9)15)7-14(4)5/h8-11H,6-7H2,1-5H3/t8-,9+,10+,11-/m0/s1. The zero-order valence-electron chi connectivity index (χ0n) is 10.6. The SMILES string of the molecule is C[C@H]1[C@H]2C[C@@H]([C@@H](CN(C)C)C2=O)C1(C)C. The molecule has 0 aliphatic heterocycles. The topological polar surface area (TPSA) is 20.3 Å². The third-order valence-electron chi connectivity index (χ3n) is 5.02. The lowest BCUT2D eigenvalue weighted by Crippen LogP contribution is -2.43. The number of ketones is 1. The van der Waals surface area contributed by atoms with Gasteiger partial charge in [0.15, 0.2) is 0 Å². The van der Waals surface area contributed by atoms with Crippen LogP contribution in [0.1, 0.15) is 27.2 Å². The number of rotatable bonds is 2. The van der Waals surface area contributed by atoms with E-state index < -0.39 is 0 Å². The molecule has 15 heavy (non-hydrogen) atoms. The van der Waals surface area contributed by atoms with Crippen molar-refractivity contribution in [2.45, 2.75) is 27.2 Å². The van der Waals surface area contributed by atoms with Crippen molar-refractivity contribution >= 4 is 5.78 Å². The Morgan fingerprint density at radius 2 is 2.00 bits per heavy atom. The maximum absolute atomic E-state index is 12.2. The van der Waals surface area contributed by atoms with Crippen molar-refractivity contribution in [3.63, 3.8) is 0 Å². The molecular weight excluding hydrogens is 186 g/mol. The van der Waals surface area contributed by atoms with E-state index in [2.05, 4.69) is 39.8 Å². The van der Waals surface area contributed by atoms with Crippen LogP contribution < -0.4 is 0 Å². The quantitative estimate of drug-likeness (QED) is 0.693. The molecule has 2 nitrogen and oxygen atoms in total. The average molecular weight is 209 g/mol. The molecule has 0 spiro atoms. The Morgan fingerprint density at radius 1 is 1.40 bits per heavy atom. The first kappa shape index (κ1) is 11.1. The molecule has 0 aromatic heterocycles. The molecule has 0 radical (unpaired) electrons. The molecule has 2 aliphatic carbocycles. The lowest BCUT2D eigenvalue weighted by Gasteiger charge is -2.40. The second-order valence-corrected chi connectivity index (χ2v) is 6.33. The van der Waals surface area contributed by atoms with Gasteiger partial charge in [0.25, 0.3) is 0 Å². The minimum Gasteiger partial charge on any atom is -0.309 e. The van der Waals surface area contributed by atoms with Crippen molar-refractivity contribution in [3.8, 4) is 0 Å². The first-order chi connectivity index (χ1) is 6.85. The predicted octanol–water partition coefficient (Wildman–Crippen LogP) is 2.05. The highest BCUT2D eigenvalue weighted by Gasteiger charge is 2.59. The first-order valence-corrected chi connectivity index (χ1v) is 6.04. The fourth-order valence-corrected chi connectivity index (χ4v) is 3.77. The molecule has 2 bridgehead atoms. The molecule has 2 rings (SSSR count). The fraction of sp³-hybridized carbons (Fsp3) is 0.923. The van der Waals surface area contributed by atoms with E-state index in [0.717, 1.165) is 13.0 Å². The van der Waals surface area contributed by atoms with E-state index in [4.69, 9.17) is 0 Å². The molecule has 2 fully saturated rings. The number of hydrogen-bond donors (Lipinski definition) is 0. The van der Waals surface area contributed by atoms with Crippen LogP contribution in [0, 0.1) is 29.1 Å². The van der Waals surface area contributed by atoms with E-state index in [-0.39, 0.29) is 0 Å². The van der Waals surface area contributed by atoms with Gasteiger partial charge in [-0.05, 0) is 37.8 Å². The first-order valence-electron chi connectivity index (χ1n) is 6.04. The number of carbonyl (C=O) groups is 1. The van der Waals surface area contributed by atoms with E-state index in [1.165, 1.54) is 0 Å². The van der Waals surface area contributed by atoms with Crippen LogP contribution in [0.2, 0.25) is 0 Å². The maximum atomic E-state index is 12.2. The van der Waals surface area contributed by atoms with Crippen LogP contribution in [0.3, 0.4) is 0 Å². The minimum absolute atomic E-state index is 0.302. The highest BCUT2D eigenvalue weighted by molar-refractivity contribution is 5.87. The monoisotopic (exact) mass is 209 g/mol. The summed E-state index contributed by atoms with van der Waals surface area (Å²) in [6, 6.07) is 0. The molecular formula is C13H23NO. The second kappa shape index (κ2) is 3.31. The van der Waals surface area contributed by atoms with Crippen molar-refractivity contribution in [2.24, 2.45) is 29.1 Å². The number of carbonyl (C=O) groups excluding carboxylic acids is 1. The summed E-state index contributed by atoms with van der Waals surface area (Å²) in [6.45, 7) is 7.89. The Bertz CT molecular complexity index is 282. The Morgan fingerprint density at radius 3 is 2.47 bits per heavy atom. The average Bonchev–Trinajstić information content (AvgIpc) is 2.52. The van der Waals surface area contributed by atoms with Gasteiger partial charge in [-0.25, -0.2) is 0 Å². The van der Waals surface area contributed by atoms with Gasteiger partial charge in [0.1, 0.15) is 5.78 Å². The summed E-state index contributed by atoms with van der Waals surface area (Å²) in [6.07, 6.45) is 1.14. The summed E-state index contributed by atoms with van der Waals surface area (Å²) in [5.41, 5.74) is 0.360. The third-order valence-corrected chi connectivity index (χ3v) is 5.02. The van der Waals surface area contributed by atoms with Gasteiger partial charge in [-0.15, -0.1) is 0 Å². The summed E-state index contributed by atoms with van der Waals surface area (Å²) < 4.78 is 0. The van der Waals surface area contributed by atoms with Crippen LogP contribution in [0.5, 0.6) is 0 Å². The summed E-state index contributed by atoms with van der Waals surface area (Å²) in [7, 11) is 4.13. The molecule has 0 saturated heterocycles. The third kappa shape index (κ3) is 1.45. The molecule has 0 amide bonds. The fourth-order valence-electron chi connectivity index (χ4n) is 3.77. The molecule has 2 heteroatoms. The molecule has 86 valence electrons. The van der Waals surface area contributed by atoms with Gasteiger partial charge in [-0.3, -0.25) is 4.79 Å². The minimum atomic E-state index is 0.302. The smallest absolute Gasteiger partial charge is 0.140 e. The molecule has 0 unspecified atom stereocenters. The lowest BCUT2D eigenvalue weighted by molar-refractivity contribution is -0.131. The van der Waals surface area contributed by atoms with Crippen molar-refractivity contribution in [1.29, 1.82) is 0 Å². The van der Waals surface area contributed by atoms with Crippen LogP contribution >= 0.6 is 0 Å². The molecule has 0 aromatic carbocycles. The predicted molar refractivity (Wildman–Crippen MR) is 61.6 cm³/mol. The molecule has 0 N–H and O–H groups in total. The zero-order valence-corrected chi connectivity index (χ0v) is 10.6. The van der Waals surface area contributed by atoms with E-state index in [1.807, 2.05) is 0 Å². The molecule has 2 saturated carbocycles. The van der Waals surface area contributed by atoms with Crippen LogP contribution in [-0.2, 0) is 4.79 Å². The number of Topliss-reactive ketones (excluding diaryl/α,β-unsaturated/α-hetero) is 1. The van der Waals surface area contributed by atoms with E-state index >= 15 is 0 Å². The van der Waals surface area contributed by atoms with Crippen LogP contribution in [0.4, 0.5) is 0 Å². The van der Waals surface area contributed by atoms with Gasteiger partial charge in [0.2, 0.25) is 0 Å². The van der Waals surface area contributed by atoms with E-state index in [0.29, 0.717) is 34.9 Å². The Balaban J connectivity index is 2.21. The van der Waals surface area contributed by atoms with Gasteiger partial charge < -0.3 is 4.90 Å². The normalized spacial score (nSPS) is 42.9. The highest BCUT2D eigenvalue weighted by Crippen LogP contribution is 2.59. The maximum Gasteiger partial charge on any atom is 0.140 e. The molecule has 4 atom stereocenters. The van der Waals surface area contributed by atoms with Gasteiger partial charge in [0.05, 0.1) is 0 Å². The van der Waals surface area contributed by atoms with Gasteiger partial charge in [-0.2, -0.15) is 0 Å². The number of nitrogens with zero attached hydrogens (tertiary/aromatic N) is 1. The van der Waals surface area contributed by atoms with Crippen molar-refractivity contribution < 1.29 is 4.79 Å². The van der Waals surface area contributed by atoms with Crippen molar-refractivity contribution in [2.75, 3.05) is 20.6 Å². The van der Waals surface area contributed by atoms with Gasteiger partial charge >= 0.3 is 0 Å². The Kier molecular flexibility index (Phi) is 2.45. The zero-order chi connectivity index (χ0) is 11.4. The van der Waals surface area contributed by atoms with Gasteiger partial charge in [0, 0.05) is 18.4 Å². The summed E-state index contributed by atoms with van der Waals surface area (Å²) in [4.78, 5) is 14.3. The molecule has 0 aromatic rings. The van der Waals surface area contributed by atoms with Gasteiger partial charge in [-0.1, -0.05) is 20.8 Å². The highest BCUT2D eigenvalue weighted by atomic mass is 16.1. The summed E-state index contributed by atoms with van der Waals surface area (Å²) in [5.74, 6) is 2.40. The van der Waals surface area contributed by atoms with E-state index in [1.54, 1.807) is 0 Å². The van der Waals surface area contributed by atoms with Crippen molar-refractivity contribution in [3.05, 3.63) is 0 Å².